The summed E-state index contributed by atoms with van der Waals surface area (Å²) < 4.78 is 28.4. The molecule has 0 aliphatic rings. The second kappa shape index (κ2) is 9.66. The summed E-state index contributed by atoms with van der Waals surface area (Å²) in [4.78, 5) is 21.3. The zero-order chi connectivity index (χ0) is 23.5. The number of nitrogens with one attached hydrogen (secondary N) is 1. The lowest BCUT2D eigenvalue weighted by atomic mass is 10.1. The van der Waals surface area contributed by atoms with Gasteiger partial charge in [-0.3, -0.25) is 4.79 Å². The van der Waals surface area contributed by atoms with Crippen LogP contribution in [-0.4, -0.2) is 26.2 Å². The highest BCUT2D eigenvalue weighted by Crippen LogP contribution is 2.26. The highest BCUT2D eigenvalue weighted by molar-refractivity contribution is 6.33. The molecule has 0 spiro atoms. The smallest absolute Gasteiger partial charge is 0.251 e. The van der Waals surface area contributed by atoms with Crippen LogP contribution < -0.4 is 10.9 Å². The standard InChI is InChI=1S/C23H16Cl2F2N4O2/c24-16-3-1-14(9-18(16)27)21(12-32)31-8-6-13(10-22(31)33)19-5-7-28-23(29-19)30-20-4-2-15(26)11-17(20)25/h1-11,21,32H,12H2,(H,28,29,30). The van der Waals surface area contributed by atoms with Crippen molar-refractivity contribution in [2.24, 2.45) is 0 Å². The molecule has 0 amide bonds. The summed E-state index contributed by atoms with van der Waals surface area (Å²) in [6.07, 6.45) is 3.00. The molecule has 0 fully saturated rings. The summed E-state index contributed by atoms with van der Waals surface area (Å²) >= 11 is 11.8. The average Bonchev–Trinajstić information content (AvgIpc) is 2.80. The molecule has 0 radical (unpaired) electrons. The van der Waals surface area contributed by atoms with E-state index in [2.05, 4.69) is 15.3 Å². The van der Waals surface area contributed by atoms with Gasteiger partial charge in [0.1, 0.15) is 11.6 Å². The van der Waals surface area contributed by atoms with Crippen molar-refractivity contribution in [3.63, 3.8) is 0 Å². The van der Waals surface area contributed by atoms with E-state index in [-0.39, 0.29) is 16.0 Å². The van der Waals surface area contributed by atoms with Crippen molar-refractivity contribution in [2.75, 3.05) is 11.9 Å². The fourth-order valence-electron chi connectivity index (χ4n) is 3.27. The quantitative estimate of drug-likeness (QED) is 0.389. The molecule has 4 rings (SSSR count). The minimum Gasteiger partial charge on any atom is -0.394 e. The van der Waals surface area contributed by atoms with Crippen LogP contribution in [0, 0.1) is 11.6 Å². The minimum absolute atomic E-state index is 0.0479. The molecule has 33 heavy (non-hydrogen) atoms. The largest absolute Gasteiger partial charge is 0.394 e. The van der Waals surface area contributed by atoms with Crippen LogP contribution in [0.5, 0.6) is 0 Å². The topological polar surface area (TPSA) is 80.0 Å². The third-order valence-corrected chi connectivity index (χ3v) is 5.53. The van der Waals surface area contributed by atoms with Gasteiger partial charge in [0.15, 0.2) is 0 Å². The van der Waals surface area contributed by atoms with Crippen molar-refractivity contribution < 1.29 is 13.9 Å². The van der Waals surface area contributed by atoms with Crippen LogP contribution in [-0.2, 0) is 0 Å². The molecule has 0 saturated carbocycles. The third-order valence-electron chi connectivity index (χ3n) is 4.91. The molecule has 0 aliphatic carbocycles. The molecule has 2 aromatic carbocycles. The molecular formula is C23H16Cl2F2N4O2. The average molecular weight is 489 g/mol. The normalized spacial score (nSPS) is 11.9. The van der Waals surface area contributed by atoms with Crippen molar-refractivity contribution in [3.8, 4) is 11.3 Å². The number of hydrogen-bond donors (Lipinski definition) is 2. The van der Waals surface area contributed by atoms with Gasteiger partial charge in [0.2, 0.25) is 5.95 Å². The highest BCUT2D eigenvalue weighted by atomic mass is 35.5. The fraction of sp³-hybridized carbons (Fsp3) is 0.0870. The molecule has 10 heteroatoms. The van der Waals surface area contributed by atoms with Crippen LogP contribution in [0.2, 0.25) is 10.0 Å². The predicted octanol–water partition coefficient (Wildman–Crippen LogP) is 5.22. The van der Waals surface area contributed by atoms with Gasteiger partial charge < -0.3 is 15.0 Å². The number of aromatic nitrogens is 3. The summed E-state index contributed by atoms with van der Waals surface area (Å²) in [6, 6.07) is 11.8. The Morgan fingerprint density at radius 2 is 1.85 bits per heavy atom. The van der Waals surface area contributed by atoms with E-state index in [1.165, 1.54) is 47.3 Å². The van der Waals surface area contributed by atoms with Gasteiger partial charge in [0, 0.05) is 24.0 Å². The monoisotopic (exact) mass is 488 g/mol. The number of rotatable bonds is 6. The van der Waals surface area contributed by atoms with Crippen LogP contribution in [0.1, 0.15) is 11.6 Å². The molecule has 0 aliphatic heterocycles. The van der Waals surface area contributed by atoms with E-state index in [0.29, 0.717) is 22.5 Å². The number of aliphatic hydroxyl groups excluding tert-OH is 1. The molecule has 2 aromatic heterocycles. The third kappa shape index (κ3) is 5.03. The number of nitrogens with zero attached hydrogens (tertiary/aromatic N) is 3. The number of halogens is 4. The second-order valence-electron chi connectivity index (χ2n) is 7.05. The zero-order valence-electron chi connectivity index (χ0n) is 16.8. The summed E-state index contributed by atoms with van der Waals surface area (Å²) in [5.74, 6) is -0.905. The first-order valence-electron chi connectivity index (χ1n) is 9.69. The van der Waals surface area contributed by atoms with Crippen molar-refractivity contribution in [3.05, 3.63) is 105 Å². The number of anilines is 2. The van der Waals surface area contributed by atoms with Gasteiger partial charge in [-0.25, -0.2) is 18.7 Å². The van der Waals surface area contributed by atoms with Gasteiger partial charge in [0.25, 0.3) is 5.56 Å². The molecule has 2 heterocycles. The van der Waals surface area contributed by atoms with Gasteiger partial charge in [-0.1, -0.05) is 29.3 Å². The van der Waals surface area contributed by atoms with Crippen LogP contribution in [0.15, 0.2) is 71.8 Å². The summed E-state index contributed by atoms with van der Waals surface area (Å²) in [7, 11) is 0. The Bertz CT molecular complexity index is 1380. The molecule has 0 bridgehead atoms. The molecule has 1 atom stereocenters. The summed E-state index contributed by atoms with van der Waals surface area (Å²) in [6.45, 7) is -0.416. The lowest BCUT2D eigenvalue weighted by molar-refractivity contribution is 0.247. The zero-order valence-corrected chi connectivity index (χ0v) is 18.4. The molecule has 1 unspecified atom stereocenters. The molecule has 2 N–H and O–H groups in total. The van der Waals surface area contributed by atoms with E-state index in [0.717, 1.165) is 6.07 Å². The van der Waals surface area contributed by atoms with Crippen molar-refractivity contribution in [1.29, 1.82) is 0 Å². The highest BCUT2D eigenvalue weighted by Gasteiger charge is 2.17. The van der Waals surface area contributed by atoms with Gasteiger partial charge in [-0.05, 0) is 48.0 Å². The number of aliphatic hydroxyl groups is 1. The number of hydrogen-bond acceptors (Lipinski definition) is 5. The van der Waals surface area contributed by atoms with Crippen LogP contribution in [0.25, 0.3) is 11.3 Å². The molecular weight excluding hydrogens is 473 g/mol. The summed E-state index contributed by atoms with van der Waals surface area (Å²) in [5.41, 5.74) is 1.36. The van der Waals surface area contributed by atoms with E-state index in [1.807, 2.05) is 0 Å². The Hall–Kier alpha value is -3.33. The van der Waals surface area contributed by atoms with Crippen molar-refractivity contribution in [2.45, 2.75) is 6.04 Å². The Morgan fingerprint density at radius 3 is 2.55 bits per heavy atom. The first-order valence-corrected chi connectivity index (χ1v) is 10.4. The van der Waals surface area contributed by atoms with E-state index in [9.17, 15) is 18.7 Å². The number of pyridine rings is 1. The van der Waals surface area contributed by atoms with Crippen molar-refractivity contribution >= 4 is 34.8 Å². The molecule has 168 valence electrons. The Balaban J connectivity index is 1.63. The molecule has 6 nitrogen and oxygen atoms in total. The van der Waals surface area contributed by atoms with Crippen LogP contribution in [0.4, 0.5) is 20.4 Å². The Labute approximate surface area is 197 Å². The lowest BCUT2D eigenvalue weighted by Crippen LogP contribution is -2.27. The fourth-order valence-corrected chi connectivity index (χ4v) is 3.60. The predicted molar refractivity (Wildman–Crippen MR) is 123 cm³/mol. The maximum atomic E-state index is 13.9. The van der Waals surface area contributed by atoms with Crippen LogP contribution in [0.3, 0.4) is 0 Å². The van der Waals surface area contributed by atoms with Gasteiger partial charge >= 0.3 is 0 Å². The van der Waals surface area contributed by atoms with E-state index in [4.69, 9.17) is 23.2 Å². The second-order valence-corrected chi connectivity index (χ2v) is 7.86. The van der Waals surface area contributed by atoms with Crippen LogP contribution >= 0.6 is 23.2 Å². The Kier molecular flexibility index (Phi) is 6.69. The maximum Gasteiger partial charge on any atom is 0.251 e. The minimum atomic E-state index is -0.790. The summed E-state index contributed by atoms with van der Waals surface area (Å²) in [5, 5.41) is 12.9. The lowest BCUT2D eigenvalue weighted by Gasteiger charge is -2.18. The van der Waals surface area contributed by atoms with Gasteiger partial charge in [-0.15, -0.1) is 0 Å². The number of benzene rings is 2. The van der Waals surface area contributed by atoms with Crippen molar-refractivity contribution in [1.82, 2.24) is 14.5 Å². The first kappa shape index (κ1) is 22.8. The van der Waals surface area contributed by atoms with E-state index >= 15 is 0 Å². The van der Waals surface area contributed by atoms with E-state index < -0.39 is 29.8 Å². The Morgan fingerprint density at radius 1 is 1.03 bits per heavy atom. The maximum absolute atomic E-state index is 13.9. The first-order chi connectivity index (χ1) is 15.9. The molecule has 4 aromatic rings. The SMILES string of the molecule is O=c1cc(-c2ccnc(Nc3ccc(F)cc3Cl)n2)ccn1C(CO)c1ccc(Cl)c(F)c1. The van der Waals surface area contributed by atoms with Gasteiger partial charge in [0.05, 0.1) is 34.1 Å². The molecule has 0 saturated heterocycles. The van der Waals surface area contributed by atoms with E-state index in [1.54, 1.807) is 18.2 Å². The van der Waals surface area contributed by atoms with Gasteiger partial charge in [-0.2, -0.15) is 0 Å².